The molecule has 18 heavy (non-hydrogen) atoms. The van der Waals surface area contributed by atoms with Gasteiger partial charge in [0.1, 0.15) is 11.5 Å². The molecule has 2 N–H and O–H groups in total. The van der Waals surface area contributed by atoms with E-state index in [1.165, 1.54) is 5.56 Å². The van der Waals surface area contributed by atoms with E-state index in [1.807, 2.05) is 34.9 Å². The van der Waals surface area contributed by atoms with Gasteiger partial charge in [-0.2, -0.15) is 0 Å². The molecule has 0 aliphatic carbocycles. The standard InChI is InChI=1S/C14H12ClN3/c15-11-6-7-18-13(9-11)17-12(14(18)16)8-10-4-2-1-3-5-10/h1-7,9H,8,16H2. The highest BCUT2D eigenvalue weighted by Crippen LogP contribution is 2.20. The van der Waals surface area contributed by atoms with Crippen LogP contribution in [0.25, 0.3) is 5.65 Å². The van der Waals surface area contributed by atoms with Crippen LogP contribution in [0, 0.1) is 0 Å². The van der Waals surface area contributed by atoms with E-state index < -0.39 is 0 Å². The van der Waals surface area contributed by atoms with Gasteiger partial charge in [-0.05, 0) is 11.6 Å². The van der Waals surface area contributed by atoms with Gasteiger partial charge in [-0.1, -0.05) is 41.9 Å². The van der Waals surface area contributed by atoms with Crippen LogP contribution in [0.4, 0.5) is 5.82 Å². The first kappa shape index (κ1) is 11.1. The van der Waals surface area contributed by atoms with E-state index in [-0.39, 0.29) is 0 Å². The van der Waals surface area contributed by atoms with Crippen LogP contribution in [-0.4, -0.2) is 9.38 Å². The van der Waals surface area contributed by atoms with Crippen molar-refractivity contribution in [2.45, 2.75) is 6.42 Å². The Morgan fingerprint density at radius 3 is 2.72 bits per heavy atom. The van der Waals surface area contributed by atoms with Gasteiger partial charge in [-0.15, -0.1) is 0 Å². The molecule has 0 atom stereocenters. The maximum Gasteiger partial charge on any atom is 0.140 e. The Morgan fingerprint density at radius 2 is 1.94 bits per heavy atom. The van der Waals surface area contributed by atoms with E-state index in [4.69, 9.17) is 17.3 Å². The van der Waals surface area contributed by atoms with Crippen molar-refractivity contribution in [3.8, 4) is 0 Å². The number of aromatic nitrogens is 2. The van der Waals surface area contributed by atoms with Gasteiger partial charge in [-0.25, -0.2) is 4.98 Å². The SMILES string of the molecule is Nc1c(Cc2ccccc2)nc2cc(Cl)ccn12. The van der Waals surface area contributed by atoms with Gasteiger partial charge < -0.3 is 5.73 Å². The minimum Gasteiger partial charge on any atom is -0.383 e. The lowest BCUT2D eigenvalue weighted by Gasteiger charge is -1.99. The van der Waals surface area contributed by atoms with E-state index in [9.17, 15) is 0 Å². The van der Waals surface area contributed by atoms with Crippen LogP contribution in [0.5, 0.6) is 0 Å². The molecule has 3 rings (SSSR count). The average Bonchev–Trinajstić information content (AvgIpc) is 2.67. The first-order valence-corrected chi connectivity index (χ1v) is 6.08. The number of fused-ring (bicyclic) bond motifs is 1. The number of nitrogen functional groups attached to an aromatic ring is 1. The molecule has 3 nitrogen and oxygen atoms in total. The van der Waals surface area contributed by atoms with Crippen molar-refractivity contribution in [1.29, 1.82) is 0 Å². The summed E-state index contributed by atoms with van der Waals surface area (Å²) in [5.41, 5.74) is 8.95. The molecule has 0 saturated carbocycles. The molecule has 0 aliphatic heterocycles. The molecule has 0 bridgehead atoms. The molecule has 0 saturated heterocycles. The lowest BCUT2D eigenvalue weighted by atomic mass is 10.1. The van der Waals surface area contributed by atoms with Gasteiger partial charge in [0.2, 0.25) is 0 Å². The Bertz CT molecular complexity index is 689. The second kappa shape index (κ2) is 4.35. The van der Waals surface area contributed by atoms with Gasteiger partial charge in [-0.3, -0.25) is 4.40 Å². The number of rotatable bonds is 2. The van der Waals surface area contributed by atoms with E-state index in [1.54, 1.807) is 6.07 Å². The zero-order valence-corrected chi connectivity index (χ0v) is 10.4. The molecule has 0 unspecified atom stereocenters. The van der Waals surface area contributed by atoms with Crippen LogP contribution in [0.15, 0.2) is 48.7 Å². The maximum atomic E-state index is 6.09. The van der Waals surface area contributed by atoms with Gasteiger partial charge in [0.25, 0.3) is 0 Å². The minimum atomic E-state index is 0.666. The summed E-state index contributed by atoms with van der Waals surface area (Å²) in [4.78, 5) is 4.52. The van der Waals surface area contributed by atoms with Crippen molar-refractivity contribution in [3.05, 3.63) is 64.9 Å². The van der Waals surface area contributed by atoms with Gasteiger partial charge in [0, 0.05) is 23.7 Å². The first-order valence-electron chi connectivity index (χ1n) is 5.70. The highest BCUT2D eigenvalue weighted by Gasteiger charge is 2.09. The zero-order valence-electron chi connectivity index (χ0n) is 9.68. The highest BCUT2D eigenvalue weighted by atomic mass is 35.5. The number of anilines is 1. The van der Waals surface area contributed by atoms with Crippen LogP contribution in [0.2, 0.25) is 5.02 Å². The van der Waals surface area contributed by atoms with E-state index >= 15 is 0 Å². The Morgan fingerprint density at radius 1 is 1.17 bits per heavy atom. The third-order valence-electron chi connectivity index (χ3n) is 2.92. The van der Waals surface area contributed by atoms with Crippen molar-refractivity contribution in [2.75, 3.05) is 5.73 Å². The lowest BCUT2D eigenvalue weighted by molar-refractivity contribution is 1.12. The molecule has 1 aromatic carbocycles. The Labute approximate surface area is 110 Å². The minimum absolute atomic E-state index is 0.666. The van der Waals surface area contributed by atoms with Crippen LogP contribution in [0.3, 0.4) is 0 Å². The molecule has 0 radical (unpaired) electrons. The molecule has 2 aromatic heterocycles. The monoisotopic (exact) mass is 257 g/mol. The summed E-state index contributed by atoms with van der Waals surface area (Å²) in [5.74, 6) is 0.672. The zero-order chi connectivity index (χ0) is 12.5. The Hall–Kier alpha value is -2.00. The summed E-state index contributed by atoms with van der Waals surface area (Å²) in [5, 5.41) is 0.666. The van der Waals surface area contributed by atoms with E-state index in [0.29, 0.717) is 10.8 Å². The summed E-state index contributed by atoms with van der Waals surface area (Å²) in [6, 6.07) is 13.8. The van der Waals surface area contributed by atoms with Gasteiger partial charge in [0.05, 0.1) is 5.69 Å². The van der Waals surface area contributed by atoms with Gasteiger partial charge >= 0.3 is 0 Å². The van der Waals surface area contributed by atoms with Crippen molar-refractivity contribution >= 4 is 23.1 Å². The second-order valence-corrected chi connectivity index (χ2v) is 4.62. The summed E-state index contributed by atoms with van der Waals surface area (Å²) in [6.45, 7) is 0. The first-order chi connectivity index (χ1) is 8.74. The molecular weight excluding hydrogens is 246 g/mol. The fraction of sp³-hybridized carbons (Fsp3) is 0.0714. The molecule has 0 amide bonds. The molecular formula is C14H12ClN3. The van der Waals surface area contributed by atoms with E-state index in [2.05, 4.69) is 17.1 Å². The van der Waals surface area contributed by atoms with Crippen molar-refractivity contribution in [1.82, 2.24) is 9.38 Å². The second-order valence-electron chi connectivity index (χ2n) is 4.18. The normalized spacial score (nSPS) is 10.9. The van der Waals surface area contributed by atoms with Crippen LogP contribution in [-0.2, 0) is 6.42 Å². The summed E-state index contributed by atoms with van der Waals surface area (Å²) in [6.07, 6.45) is 2.57. The van der Waals surface area contributed by atoms with Crippen molar-refractivity contribution < 1.29 is 0 Å². The number of halogens is 1. The predicted molar refractivity (Wildman–Crippen MR) is 73.9 cm³/mol. The quantitative estimate of drug-likeness (QED) is 0.766. The lowest BCUT2D eigenvalue weighted by Crippen LogP contribution is -1.97. The Kier molecular flexibility index (Phi) is 2.68. The van der Waals surface area contributed by atoms with Crippen LogP contribution >= 0.6 is 11.6 Å². The number of hydrogen-bond acceptors (Lipinski definition) is 2. The molecule has 0 fully saturated rings. The maximum absolute atomic E-state index is 6.09. The van der Waals surface area contributed by atoms with Crippen LogP contribution in [0.1, 0.15) is 11.3 Å². The molecule has 3 aromatic rings. The fourth-order valence-corrected chi connectivity index (χ4v) is 2.16. The molecule has 90 valence electrons. The summed E-state index contributed by atoms with van der Waals surface area (Å²) in [7, 11) is 0. The number of nitrogens with two attached hydrogens (primary N) is 1. The van der Waals surface area contributed by atoms with Crippen molar-refractivity contribution in [3.63, 3.8) is 0 Å². The third kappa shape index (κ3) is 1.93. The summed E-state index contributed by atoms with van der Waals surface area (Å²) < 4.78 is 1.85. The Balaban J connectivity index is 2.05. The number of benzene rings is 1. The highest BCUT2D eigenvalue weighted by molar-refractivity contribution is 6.30. The topological polar surface area (TPSA) is 43.3 Å². The van der Waals surface area contributed by atoms with Crippen LogP contribution < -0.4 is 5.73 Å². The third-order valence-corrected chi connectivity index (χ3v) is 3.15. The van der Waals surface area contributed by atoms with Crippen molar-refractivity contribution in [2.24, 2.45) is 0 Å². The predicted octanol–water partition coefficient (Wildman–Crippen LogP) is 3.16. The summed E-state index contributed by atoms with van der Waals surface area (Å²) >= 11 is 5.95. The molecule has 2 heterocycles. The number of nitrogens with zero attached hydrogens (tertiary/aromatic N) is 2. The number of hydrogen-bond donors (Lipinski definition) is 1. The molecule has 4 heteroatoms. The largest absolute Gasteiger partial charge is 0.383 e. The average molecular weight is 258 g/mol. The molecule has 0 aliphatic rings. The number of pyridine rings is 1. The number of imidazole rings is 1. The van der Waals surface area contributed by atoms with E-state index in [0.717, 1.165) is 17.8 Å². The molecule has 0 spiro atoms. The smallest absolute Gasteiger partial charge is 0.140 e. The fourth-order valence-electron chi connectivity index (χ4n) is 2.01. The van der Waals surface area contributed by atoms with Gasteiger partial charge in [0.15, 0.2) is 0 Å².